The smallest absolute Gasteiger partial charge is 0.134 e. The van der Waals surface area contributed by atoms with Gasteiger partial charge in [0.1, 0.15) is 17.3 Å². The summed E-state index contributed by atoms with van der Waals surface area (Å²) in [4.78, 5) is 4.52. The zero-order chi connectivity index (χ0) is 16.9. The van der Waals surface area contributed by atoms with Crippen molar-refractivity contribution >= 4 is 32.5 Å². The molecule has 0 bridgehead atoms. The summed E-state index contributed by atoms with van der Waals surface area (Å²) < 4.78 is 11.8. The van der Waals surface area contributed by atoms with Gasteiger partial charge >= 0.3 is 0 Å². The van der Waals surface area contributed by atoms with Gasteiger partial charge in [-0.3, -0.25) is 0 Å². The second-order valence-electron chi connectivity index (χ2n) is 5.37. The lowest BCUT2D eigenvalue weighted by Crippen LogP contribution is -2.07. The van der Waals surface area contributed by atoms with E-state index in [1.807, 2.05) is 18.2 Å². The first-order valence-corrected chi connectivity index (χ1v) is 8.50. The maximum atomic E-state index is 5.51. The minimum absolute atomic E-state index is 0.741. The van der Waals surface area contributed by atoms with Crippen molar-refractivity contribution in [2.24, 2.45) is 0 Å². The van der Waals surface area contributed by atoms with Gasteiger partial charge in [0.05, 0.1) is 14.2 Å². The third-order valence-electron chi connectivity index (χ3n) is 3.88. The fourth-order valence-electron chi connectivity index (χ4n) is 2.67. The first-order valence-electron chi connectivity index (χ1n) is 7.71. The van der Waals surface area contributed by atoms with E-state index in [1.165, 1.54) is 5.56 Å². The number of pyridine rings is 1. The number of fused-ring (bicyclic) bond motifs is 1. The predicted octanol–water partition coefficient (Wildman–Crippen LogP) is 4.67. The van der Waals surface area contributed by atoms with Crippen molar-refractivity contribution in [3.63, 3.8) is 0 Å². The van der Waals surface area contributed by atoms with Crippen LogP contribution >= 0.6 is 15.9 Å². The highest BCUT2D eigenvalue weighted by molar-refractivity contribution is 9.10. The van der Waals surface area contributed by atoms with Crippen LogP contribution in [0.25, 0.3) is 10.8 Å². The first kappa shape index (κ1) is 16.6. The summed E-state index contributed by atoms with van der Waals surface area (Å²) in [6.45, 7) is 0.799. The van der Waals surface area contributed by atoms with Gasteiger partial charge in [-0.1, -0.05) is 30.3 Å². The Morgan fingerprint density at radius 1 is 1.08 bits per heavy atom. The molecule has 0 fully saturated rings. The van der Waals surface area contributed by atoms with Crippen LogP contribution in [0, 0.1) is 0 Å². The summed E-state index contributed by atoms with van der Waals surface area (Å²) in [7, 11) is 3.30. The quantitative estimate of drug-likeness (QED) is 0.668. The molecule has 0 aliphatic heterocycles. The number of nitrogens with zero attached hydrogens (tertiary/aromatic N) is 1. The summed E-state index contributed by atoms with van der Waals surface area (Å²) >= 11 is 3.56. The Morgan fingerprint density at radius 2 is 1.88 bits per heavy atom. The Balaban J connectivity index is 1.91. The number of halogens is 1. The molecule has 0 unspecified atom stereocenters. The van der Waals surface area contributed by atoms with Crippen LogP contribution in [-0.2, 0) is 6.42 Å². The van der Waals surface area contributed by atoms with Crippen LogP contribution in [0.4, 0.5) is 5.82 Å². The Labute approximate surface area is 149 Å². The summed E-state index contributed by atoms with van der Waals surface area (Å²) in [5.74, 6) is 2.32. The molecule has 0 aliphatic carbocycles. The molecule has 1 aromatic heterocycles. The van der Waals surface area contributed by atoms with Crippen LogP contribution < -0.4 is 14.8 Å². The number of aromatic nitrogens is 1. The van der Waals surface area contributed by atoms with E-state index in [-0.39, 0.29) is 0 Å². The molecule has 0 saturated carbocycles. The molecule has 2 aromatic carbocycles. The SMILES string of the molecule is COc1cc(OC)c2c(Br)cnc(NCCc3ccccc3)c2c1. The minimum atomic E-state index is 0.741. The molecule has 0 radical (unpaired) electrons. The Hall–Kier alpha value is -2.27. The van der Waals surface area contributed by atoms with Crippen molar-refractivity contribution in [1.82, 2.24) is 4.98 Å². The number of anilines is 1. The second-order valence-corrected chi connectivity index (χ2v) is 6.22. The third kappa shape index (κ3) is 3.46. The Bertz CT molecular complexity index is 838. The maximum absolute atomic E-state index is 5.51. The van der Waals surface area contributed by atoms with Crippen LogP contribution in [0.15, 0.2) is 53.1 Å². The summed E-state index contributed by atoms with van der Waals surface area (Å²) in [6, 6.07) is 14.2. The van der Waals surface area contributed by atoms with Crippen molar-refractivity contribution in [3.05, 3.63) is 58.7 Å². The first-order chi connectivity index (χ1) is 11.7. The number of hydrogen-bond donors (Lipinski definition) is 1. The van der Waals surface area contributed by atoms with E-state index in [9.17, 15) is 0 Å². The topological polar surface area (TPSA) is 43.4 Å². The summed E-state index contributed by atoms with van der Waals surface area (Å²) in [5.41, 5.74) is 1.29. The highest BCUT2D eigenvalue weighted by atomic mass is 79.9. The highest BCUT2D eigenvalue weighted by Gasteiger charge is 2.13. The number of rotatable bonds is 6. The molecule has 1 heterocycles. The van der Waals surface area contributed by atoms with Gasteiger partial charge in [0.2, 0.25) is 0 Å². The standard InChI is InChI=1S/C19H19BrN2O2/c1-23-14-10-15-18(17(11-14)24-2)16(20)12-22-19(15)21-9-8-13-6-4-3-5-7-13/h3-7,10-12H,8-9H2,1-2H3,(H,21,22). The molecular formula is C19H19BrN2O2. The average molecular weight is 387 g/mol. The number of nitrogens with one attached hydrogen (secondary N) is 1. The largest absolute Gasteiger partial charge is 0.497 e. The molecule has 0 amide bonds. The molecule has 0 saturated heterocycles. The van der Waals surface area contributed by atoms with Gasteiger partial charge in [-0.05, 0) is 34.0 Å². The van der Waals surface area contributed by atoms with Crippen molar-refractivity contribution in [1.29, 1.82) is 0 Å². The number of benzene rings is 2. The predicted molar refractivity (Wildman–Crippen MR) is 101 cm³/mol. The van der Waals surface area contributed by atoms with E-state index >= 15 is 0 Å². The van der Waals surface area contributed by atoms with E-state index in [2.05, 4.69) is 50.5 Å². The van der Waals surface area contributed by atoms with E-state index in [0.29, 0.717) is 0 Å². The molecule has 0 spiro atoms. The van der Waals surface area contributed by atoms with Crippen molar-refractivity contribution < 1.29 is 9.47 Å². The monoisotopic (exact) mass is 386 g/mol. The molecule has 3 aromatic rings. The Morgan fingerprint density at radius 3 is 2.58 bits per heavy atom. The van der Waals surface area contributed by atoms with Gasteiger partial charge in [-0.25, -0.2) is 4.98 Å². The van der Waals surface area contributed by atoms with Gasteiger partial charge < -0.3 is 14.8 Å². The molecule has 0 aliphatic rings. The summed E-state index contributed by atoms with van der Waals surface area (Å²) in [5, 5.41) is 5.37. The molecule has 1 N–H and O–H groups in total. The van der Waals surface area contributed by atoms with Gasteiger partial charge in [-0.2, -0.15) is 0 Å². The molecule has 4 nitrogen and oxygen atoms in total. The Kier molecular flexibility index (Phi) is 5.20. The van der Waals surface area contributed by atoms with Crippen LogP contribution in [0.1, 0.15) is 5.56 Å². The fraction of sp³-hybridized carbons (Fsp3) is 0.211. The molecular weight excluding hydrogens is 368 g/mol. The van der Waals surface area contributed by atoms with Gasteiger partial charge in [0.25, 0.3) is 0 Å². The van der Waals surface area contributed by atoms with Crippen LogP contribution in [0.2, 0.25) is 0 Å². The number of hydrogen-bond acceptors (Lipinski definition) is 4. The zero-order valence-corrected chi connectivity index (χ0v) is 15.3. The van der Waals surface area contributed by atoms with Crippen molar-refractivity contribution in [2.75, 3.05) is 26.1 Å². The van der Waals surface area contributed by atoms with Crippen LogP contribution in [-0.4, -0.2) is 25.7 Å². The van der Waals surface area contributed by atoms with E-state index < -0.39 is 0 Å². The molecule has 5 heteroatoms. The second kappa shape index (κ2) is 7.53. The molecule has 0 atom stereocenters. The third-order valence-corrected chi connectivity index (χ3v) is 4.48. The number of ether oxygens (including phenoxy) is 2. The lowest BCUT2D eigenvalue weighted by atomic mass is 10.1. The molecule has 24 heavy (non-hydrogen) atoms. The average Bonchev–Trinajstić information content (AvgIpc) is 2.63. The van der Waals surface area contributed by atoms with Crippen molar-refractivity contribution in [3.8, 4) is 11.5 Å². The number of methoxy groups -OCH3 is 2. The van der Waals surface area contributed by atoms with Gasteiger partial charge in [0.15, 0.2) is 0 Å². The minimum Gasteiger partial charge on any atom is -0.497 e. The van der Waals surface area contributed by atoms with E-state index in [4.69, 9.17) is 9.47 Å². The van der Waals surface area contributed by atoms with Crippen LogP contribution in [0.5, 0.6) is 11.5 Å². The maximum Gasteiger partial charge on any atom is 0.134 e. The van der Waals surface area contributed by atoms with Gasteiger partial charge in [0, 0.05) is 34.1 Å². The van der Waals surface area contributed by atoms with E-state index in [1.54, 1.807) is 20.4 Å². The van der Waals surface area contributed by atoms with Crippen LogP contribution in [0.3, 0.4) is 0 Å². The highest BCUT2D eigenvalue weighted by Crippen LogP contribution is 2.38. The molecule has 124 valence electrons. The molecule has 3 rings (SSSR count). The summed E-state index contributed by atoms with van der Waals surface area (Å²) in [6.07, 6.45) is 2.73. The lowest BCUT2D eigenvalue weighted by Gasteiger charge is -2.14. The van der Waals surface area contributed by atoms with Crippen molar-refractivity contribution in [2.45, 2.75) is 6.42 Å². The normalized spacial score (nSPS) is 10.6. The zero-order valence-electron chi connectivity index (χ0n) is 13.7. The fourth-order valence-corrected chi connectivity index (χ4v) is 3.18. The lowest BCUT2D eigenvalue weighted by molar-refractivity contribution is 0.398. The van der Waals surface area contributed by atoms with Gasteiger partial charge in [-0.15, -0.1) is 0 Å². The van der Waals surface area contributed by atoms with E-state index in [0.717, 1.165) is 45.5 Å².